The number of rotatable bonds is 12. The van der Waals surface area contributed by atoms with E-state index in [9.17, 15) is 21.6 Å². The first kappa shape index (κ1) is 27.8. The lowest BCUT2D eigenvalue weighted by molar-refractivity contribution is -0.202. The number of hydroxylamine groups is 1. The molecule has 0 bridgehead atoms. The lowest BCUT2D eigenvalue weighted by atomic mass is 9.98. The van der Waals surface area contributed by atoms with Gasteiger partial charge in [0.25, 0.3) is 16.0 Å². The van der Waals surface area contributed by atoms with Crippen molar-refractivity contribution in [3.63, 3.8) is 0 Å². The Balaban J connectivity index is 1.61. The number of nitrogens with one attached hydrogen (secondary N) is 1. The molecule has 13 heteroatoms. The van der Waals surface area contributed by atoms with Crippen LogP contribution >= 0.6 is 0 Å². The van der Waals surface area contributed by atoms with Gasteiger partial charge in [-0.3, -0.25) is 8.98 Å². The average molecular weight is 536 g/mol. The van der Waals surface area contributed by atoms with E-state index in [-0.39, 0.29) is 37.6 Å². The third-order valence-electron chi connectivity index (χ3n) is 5.89. The monoisotopic (exact) mass is 535 g/mol. The molecule has 0 radical (unpaired) electrons. The fourth-order valence-electron chi connectivity index (χ4n) is 3.88. The lowest BCUT2D eigenvalue weighted by Crippen LogP contribution is -2.56. The number of carbonyl (C=O) groups excluding carboxylic acids is 1. The van der Waals surface area contributed by atoms with Crippen molar-refractivity contribution in [2.75, 3.05) is 39.3 Å². The molecule has 2 saturated heterocycles. The summed E-state index contributed by atoms with van der Waals surface area (Å²) in [5.74, 6) is -0.275. The first-order chi connectivity index (χ1) is 16.6. The molecule has 35 heavy (non-hydrogen) atoms. The molecule has 1 aromatic rings. The molecule has 3 rings (SSSR count). The summed E-state index contributed by atoms with van der Waals surface area (Å²) < 4.78 is 68.4. The summed E-state index contributed by atoms with van der Waals surface area (Å²) in [6, 6.07) is 5.87. The van der Waals surface area contributed by atoms with Gasteiger partial charge in [0.2, 0.25) is 0 Å². The first-order valence-corrected chi connectivity index (χ1v) is 14.9. The van der Waals surface area contributed by atoms with Gasteiger partial charge in [-0.1, -0.05) is 0 Å². The zero-order valence-electron chi connectivity index (χ0n) is 19.8. The van der Waals surface area contributed by atoms with Gasteiger partial charge in [-0.15, -0.1) is 0 Å². The molecule has 0 saturated carbocycles. The number of hydrogen-bond acceptors (Lipinski definition) is 10. The average Bonchev–Trinajstić information content (AvgIpc) is 2.85. The lowest BCUT2D eigenvalue weighted by Gasteiger charge is -2.35. The second-order valence-electron chi connectivity index (χ2n) is 8.51. The highest BCUT2D eigenvalue weighted by atomic mass is 32.2. The number of carbonyl (C=O) groups is 1. The SMILES string of the molecule is CS(=O)(=O)OCCCCOc1ccc(S(=O)(=O)C2(C(=O)NOC3CCCCO3)CCOCC2)cc1. The molecular formula is C22H33NO10S2. The van der Waals surface area contributed by atoms with Crippen molar-refractivity contribution in [2.45, 2.75) is 60.9 Å². The Morgan fingerprint density at radius 1 is 1.03 bits per heavy atom. The summed E-state index contributed by atoms with van der Waals surface area (Å²) in [5.41, 5.74) is 2.33. The normalized spacial score (nSPS) is 20.8. The zero-order valence-corrected chi connectivity index (χ0v) is 21.4. The largest absolute Gasteiger partial charge is 0.494 e. The second-order valence-corrected chi connectivity index (χ2v) is 12.4. The van der Waals surface area contributed by atoms with E-state index in [1.165, 1.54) is 24.3 Å². The number of hydrogen-bond donors (Lipinski definition) is 1. The predicted molar refractivity (Wildman–Crippen MR) is 125 cm³/mol. The van der Waals surface area contributed by atoms with Crippen molar-refractivity contribution in [3.05, 3.63) is 24.3 Å². The molecule has 2 aliphatic rings. The van der Waals surface area contributed by atoms with Crippen molar-refractivity contribution in [1.29, 1.82) is 0 Å². The molecule has 1 aromatic carbocycles. The highest BCUT2D eigenvalue weighted by Gasteiger charge is 2.52. The molecule has 2 heterocycles. The second kappa shape index (κ2) is 12.5. The van der Waals surface area contributed by atoms with Gasteiger partial charge in [0, 0.05) is 26.2 Å². The zero-order chi connectivity index (χ0) is 25.4. The Bertz CT molecular complexity index is 1030. The van der Waals surface area contributed by atoms with Crippen molar-refractivity contribution < 1.29 is 44.9 Å². The van der Waals surface area contributed by atoms with Gasteiger partial charge in [-0.05, 0) is 62.8 Å². The Morgan fingerprint density at radius 3 is 2.34 bits per heavy atom. The van der Waals surface area contributed by atoms with E-state index in [4.69, 9.17) is 19.0 Å². The van der Waals surface area contributed by atoms with Crippen LogP contribution in [0.1, 0.15) is 44.9 Å². The highest BCUT2D eigenvalue weighted by Crippen LogP contribution is 2.36. The van der Waals surface area contributed by atoms with E-state index < -0.39 is 36.9 Å². The highest BCUT2D eigenvalue weighted by molar-refractivity contribution is 7.93. The van der Waals surface area contributed by atoms with Crippen LogP contribution in [-0.4, -0.2) is 73.1 Å². The van der Waals surface area contributed by atoms with Crippen LogP contribution in [0.2, 0.25) is 0 Å². The van der Waals surface area contributed by atoms with Gasteiger partial charge in [0.05, 0.1) is 24.4 Å². The van der Waals surface area contributed by atoms with E-state index in [0.29, 0.717) is 38.2 Å². The number of benzene rings is 1. The molecule has 0 aliphatic carbocycles. The molecule has 1 amide bonds. The molecule has 2 aliphatic heterocycles. The minimum atomic E-state index is -4.08. The minimum Gasteiger partial charge on any atom is -0.494 e. The molecule has 198 valence electrons. The van der Waals surface area contributed by atoms with Crippen LogP contribution in [0.3, 0.4) is 0 Å². The van der Waals surface area contributed by atoms with E-state index >= 15 is 0 Å². The standard InChI is InChI=1S/C22H33NO10S2/c1-34(25,26)32-15-5-4-13-30-18-7-9-19(10-8-18)35(27,28)22(11-16-29-17-12-22)21(24)23-33-20-6-2-3-14-31-20/h7-10,20H,2-6,11-17H2,1H3,(H,23,24). The molecule has 0 spiro atoms. The Hall–Kier alpha value is -1.77. The van der Waals surface area contributed by atoms with Crippen LogP contribution in [0.5, 0.6) is 5.75 Å². The predicted octanol–water partition coefficient (Wildman–Crippen LogP) is 1.72. The van der Waals surface area contributed by atoms with Crippen molar-refractivity contribution >= 4 is 25.9 Å². The van der Waals surface area contributed by atoms with Gasteiger partial charge < -0.3 is 14.2 Å². The van der Waals surface area contributed by atoms with Crippen molar-refractivity contribution in [1.82, 2.24) is 5.48 Å². The van der Waals surface area contributed by atoms with E-state index in [0.717, 1.165) is 19.1 Å². The van der Waals surface area contributed by atoms with Crippen LogP contribution in [-0.2, 0) is 43.2 Å². The van der Waals surface area contributed by atoms with Crippen molar-refractivity contribution in [3.8, 4) is 5.75 Å². The molecule has 1 atom stereocenters. The maximum atomic E-state index is 13.6. The quantitative estimate of drug-likeness (QED) is 0.239. The Morgan fingerprint density at radius 2 is 1.71 bits per heavy atom. The first-order valence-electron chi connectivity index (χ1n) is 11.6. The maximum Gasteiger partial charge on any atom is 0.265 e. The smallest absolute Gasteiger partial charge is 0.265 e. The van der Waals surface area contributed by atoms with Gasteiger partial charge >= 0.3 is 0 Å². The summed E-state index contributed by atoms with van der Waals surface area (Å²) in [7, 11) is -7.54. The fourth-order valence-corrected chi connectivity index (χ4v) is 6.24. The molecule has 1 unspecified atom stereocenters. The minimum absolute atomic E-state index is 0.00244. The molecule has 1 N–H and O–H groups in total. The summed E-state index contributed by atoms with van der Waals surface area (Å²) in [6.07, 6.45) is 3.90. The van der Waals surface area contributed by atoms with Crippen molar-refractivity contribution in [2.24, 2.45) is 0 Å². The summed E-state index contributed by atoms with van der Waals surface area (Å²) in [6.45, 7) is 1.18. The Labute approximate surface area is 206 Å². The van der Waals surface area contributed by atoms with E-state index in [1.54, 1.807) is 0 Å². The fraction of sp³-hybridized carbons (Fsp3) is 0.682. The molecule has 11 nitrogen and oxygen atoms in total. The van der Waals surface area contributed by atoms with Crippen LogP contribution < -0.4 is 10.2 Å². The third kappa shape index (κ3) is 7.61. The topological polar surface area (TPSA) is 144 Å². The molecule has 0 aromatic heterocycles. The van der Waals surface area contributed by atoms with Gasteiger partial charge in [-0.2, -0.15) is 8.42 Å². The van der Waals surface area contributed by atoms with E-state index in [2.05, 4.69) is 9.66 Å². The molecular weight excluding hydrogens is 502 g/mol. The number of sulfone groups is 1. The third-order valence-corrected chi connectivity index (χ3v) is 9.00. The van der Waals surface area contributed by atoms with Gasteiger partial charge in [0.1, 0.15) is 5.75 Å². The van der Waals surface area contributed by atoms with Gasteiger partial charge in [-0.25, -0.2) is 18.7 Å². The van der Waals surface area contributed by atoms with Gasteiger partial charge in [0.15, 0.2) is 20.9 Å². The number of unbranched alkanes of at least 4 members (excludes halogenated alkanes) is 1. The summed E-state index contributed by atoms with van der Waals surface area (Å²) >= 11 is 0. The van der Waals surface area contributed by atoms with Crippen LogP contribution in [0.25, 0.3) is 0 Å². The van der Waals surface area contributed by atoms with Crippen LogP contribution in [0.15, 0.2) is 29.2 Å². The van der Waals surface area contributed by atoms with Crippen LogP contribution in [0.4, 0.5) is 0 Å². The maximum absolute atomic E-state index is 13.6. The number of ether oxygens (including phenoxy) is 3. The Kier molecular flexibility index (Phi) is 9.90. The van der Waals surface area contributed by atoms with E-state index in [1.807, 2.05) is 0 Å². The summed E-state index contributed by atoms with van der Waals surface area (Å²) in [4.78, 5) is 18.5. The van der Waals surface area contributed by atoms with Crippen LogP contribution in [0, 0.1) is 0 Å². The summed E-state index contributed by atoms with van der Waals surface area (Å²) in [5, 5.41) is 0. The molecule has 2 fully saturated rings. The number of amides is 1.